The second kappa shape index (κ2) is 9.43. The van der Waals surface area contributed by atoms with Crippen LogP contribution in [0.25, 0.3) is 16.0 Å². The summed E-state index contributed by atoms with van der Waals surface area (Å²) in [5, 5.41) is 11.5. The van der Waals surface area contributed by atoms with Crippen LogP contribution < -0.4 is 14.4 Å². The summed E-state index contributed by atoms with van der Waals surface area (Å²) in [6, 6.07) is 16.7. The largest absolute Gasteiger partial charge is 0.507 e. The Balaban J connectivity index is 1.68. The van der Waals surface area contributed by atoms with E-state index in [9.17, 15) is 19.1 Å². The Labute approximate surface area is 210 Å². The number of aliphatic hydroxyl groups is 1. The fourth-order valence-corrected chi connectivity index (χ4v) is 5.17. The van der Waals surface area contributed by atoms with Crippen LogP contribution in [0, 0.1) is 5.82 Å². The molecule has 3 aromatic carbocycles. The van der Waals surface area contributed by atoms with Crippen molar-refractivity contribution in [3.63, 3.8) is 0 Å². The van der Waals surface area contributed by atoms with Gasteiger partial charge in [-0.1, -0.05) is 23.5 Å². The number of hydrogen-bond acceptors (Lipinski definition) is 7. The molecule has 2 heterocycles. The molecule has 36 heavy (non-hydrogen) atoms. The first kappa shape index (κ1) is 23.5. The minimum Gasteiger partial charge on any atom is -0.507 e. The molecule has 1 N–H and O–H groups in total. The highest BCUT2D eigenvalue weighted by atomic mass is 32.1. The van der Waals surface area contributed by atoms with Crippen LogP contribution in [0.15, 0.2) is 72.3 Å². The zero-order chi connectivity index (χ0) is 25.4. The maximum Gasteiger partial charge on any atom is 0.301 e. The molecule has 4 aromatic rings. The first-order valence-electron chi connectivity index (χ1n) is 11.2. The van der Waals surface area contributed by atoms with Crippen LogP contribution in [0.4, 0.5) is 9.52 Å². The van der Waals surface area contributed by atoms with Crippen LogP contribution in [0.2, 0.25) is 0 Å². The van der Waals surface area contributed by atoms with Crippen LogP contribution in [0.3, 0.4) is 0 Å². The summed E-state index contributed by atoms with van der Waals surface area (Å²) < 4.78 is 25.0. The normalized spacial score (nSPS) is 17.1. The van der Waals surface area contributed by atoms with Crippen LogP contribution in [0.1, 0.15) is 24.1 Å². The van der Waals surface area contributed by atoms with Crippen molar-refractivity contribution < 1.29 is 28.6 Å². The van der Waals surface area contributed by atoms with E-state index in [1.807, 2.05) is 6.92 Å². The van der Waals surface area contributed by atoms with Gasteiger partial charge < -0.3 is 14.6 Å². The highest BCUT2D eigenvalue weighted by molar-refractivity contribution is 7.22. The maximum absolute atomic E-state index is 13.8. The number of anilines is 1. The number of carbonyl (C=O) groups excluding carboxylic acids is 2. The van der Waals surface area contributed by atoms with Crippen molar-refractivity contribution in [3.05, 3.63) is 89.2 Å². The summed E-state index contributed by atoms with van der Waals surface area (Å²) in [6.07, 6.45) is 0. The van der Waals surface area contributed by atoms with Crippen molar-refractivity contribution in [2.24, 2.45) is 0 Å². The van der Waals surface area contributed by atoms with Gasteiger partial charge in [-0.2, -0.15) is 0 Å². The van der Waals surface area contributed by atoms with Gasteiger partial charge in [0.05, 0.1) is 35.5 Å². The van der Waals surface area contributed by atoms with Crippen LogP contribution >= 0.6 is 11.3 Å². The van der Waals surface area contributed by atoms with Gasteiger partial charge in [-0.05, 0) is 67.1 Å². The lowest BCUT2D eigenvalue weighted by Crippen LogP contribution is -2.29. The average molecular weight is 505 g/mol. The number of aromatic nitrogens is 1. The molecule has 0 aliphatic carbocycles. The quantitative estimate of drug-likeness (QED) is 0.213. The number of Topliss-reactive ketones (excluding diaryl/α,β-unsaturated/α-hetero) is 1. The van der Waals surface area contributed by atoms with E-state index in [-0.39, 0.29) is 16.5 Å². The molecule has 1 amide bonds. The number of methoxy groups -OCH3 is 1. The Kier molecular flexibility index (Phi) is 6.15. The van der Waals surface area contributed by atoms with Gasteiger partial charge in [-0.15, -0.1) is 0 Å². The summed E-state index contributed by atoms with van der Waals surface area (Å²) in [4.78, 5) is 32.4. The molecule has 182 valence electrons. The third-order valence-corrected chi connectivity index (χ3v) is 6.88. The number of amides is 1. The number of benzene rings is 3. The Hall–Kier alpha value is -4.24. The number of thiazole rings is 1. The molecule has 7 nitrogen and oxygen atoms in total. The van der Waals surface area contributed by atoms with Gasteiger partial charge in [-0.25, -0.2) is 9.37 Å². The number of ketones is 1. The van der Waals surface area contributed by atoms with E-state index in [2.05, 4.69) is 4.98 Å². The topological polar surface area (TPSA) is 89.0 Å². The third kappa shape index (κ3) is 4.07. The molecule has 1 saturated heterocycles. The molecule has 0 spiro atoms. The number of nitrogens with zero attached hydrogens (tertiary/aromatic N) is 2. The zero-order valence-corrected chi connectivity index (χ0v) is 20.2. The average Bonchev–Trinajstić information content (AvgIpc) is 3.42. The van der Waals surface area contributed by atoms with Crippen LogP contribution in [-0.2, 0) is 9.59 Å². The standard InChI is InChI=1S/C27H21FN2O5S/c1-3-35-19-11-6-16(7-12-19)24(31)22-23(15-4-9-18(34-2)10-5-15)30(26(33)25(22)32)27-29-20-13-8-17(28)14-21(20)36-27/h4-14,23,31H,3H2,1-2H3/t23-/m1/s1. The highest BCUT2D eigenvalue weighted by Crippen LogP contribution is 2.44. The van der Waals surface area contributed by atoms with Crippen molar-refractivity contribution in [1.82, 2.24) is 4.98 Å². The van der Waals surface area contributed by atoms with Crippen LogP contribution in [-0.4, -0.2) is 35.5 Å². The Morgan fingerprint density at radius 2 is 1.75 bits per heavy atom. The van der Waals surface area contributed by atoms with E-state index in [1.165, 1.54) is 30.2 Å². The van der Waals surface area contributed by atoms with E-state index in [4.69, 9.17) is 9.47 Å². The van der Waals surface area contributed by atoms with Gasteiger partial charge in [0, 0.05) is 5.56 Å². The van der Waals surface area contributed by atoms with Crippen LogP contribution in [0.5, 0.6) is 11.5 Å². The molecule has 1 aliphatic rings. The highest BCUT2D eigenvalue weighted by Gasteiger charge is 2.48. The summed E-state index contributed by atoms with van der Waals surface area (Å²) in [5.74, 6) is -1.20. The number of carbonyl (C=O) groups is 2. The predicted octanol–water partition coefficient (Wildman–Crippen LogP) is 5.47. The molecule has 1 atom stereocenters. The van der Waals surface area contributed by atoms with Gasteiger partial charge in [0.25, 0.3) is 5.78 Å². The first-order valence-corrected chi connectivity index (χ1v) is 12.0. The van der Waals surface area contributed by atoms with Crippen molar-refractivity contribution in [2.45, 2.75) is 13.0 Å². The third-order valence-electron chi connectivity index (χ3n) is 5.86. The SMILES string of the molecule is CCOc1ccc(C(O)=C2C(=O)C(=O)N(c3nc4ccc(F)cc4s3)[C@@H]2c2ccc(OC)cc2)cc1. The van der Waals surface area contributed by atoms with Crippen molar-refractivity contribution in [1.29, 1.82) is 0 Å². The molecule has 0 bridgehead atoms. The number of aliphatic hydroxyl groups excluding tert-OH is 1. The summed E-state index contributed by atoms with van der Waals surface area (Å²) in [7, 11) is 1.53. The van der Waals surface area contributed by atoms with Gasteiger partial charge in [0.1, 0.15) is 23.1 Å². The number of ether oxygens (including phenoxy) is 2. The van der Waals surface area contributed by atoms with E-state index in [0.29, 0.717) is 39.4 Å². The molecule has 1 aromatic heterocycles. The number of rotatable bonds is 6. The van der Waals surface area contributed by atoms with Crippen molar-refractivity contribution >= 4 is 44.1 Å². The first-order chi connectivity index (χ1) is 17.4. The van der Waals surface area contributed by atoms with Crippen molar-refractivity contribution in [3.8, 4) is 11.5 Å². The summed E-state index contributed by atoms with van der Waals surface area (Å²) in [6.45, 7) is 2.35. The molecule has 1 fully saturated rings. The monoisotopic (exact) mass is 504 g/mol. The number of fused-ring (bicyclic) bond motifs is 1. The van der Waals surface area contributed by atoms with E-state index in [0.717, 1.165) is 11.3 Å². The van der Waals surface area contributed by atoms with E-state index < -0.39 is 23.5 Å². The molecule has 0 unspecified atom stereocenters. The summed E-state index contributed by atoms with van der Waals surface area (Å²) in [5.41, 5.74) is 1.37. The fraction of sp³-hybridized carbons (Fsp3) is 0.148. The lowest BCUT2D eigenvalue weighted by molar-refractivity contribution is -0.132. The molecule has 0 saturated carbocycles. The smallest absolute Gasteiger partial charge is 0.301 e. The van der Waals surface area contributed by atoms with E-state index >= 15 is 0 Å². The Bertz CT molecular complexity index is 1500. The summed E-state index contributed by atoms with van der Waals surface area (Å²) >= 11 is 1.09. The molecular formula is C27H21FN2O5S. The zero-order valence-electron chi connectivity index (χ0n) is 19.4. The van der Waals surface area contributed by atoms with Gasteiger partial charge >= 0.3 is 5.91 Å². The lowest BCUT2D eigenvalue weighted by atomic mass is 9.95. The Morgan fingerprint density at radius 1 is 1.06 bits per heavy atom. The second-order valence-electron chi connectivity index (χ2n) is 8.01. The predicted molar refractivity (Wildman–Crippen MR) is 135 cm³/mol. The molecule has 1 aliphatic heterocycles. The number of halogens is 1. The minimum atomic E-state index is -0.951. The second-order valence-corrected chi connectivity index (χ2v) is 9.02. The molecule has 0 radical (unpaired) electrons. The molecule has 5 rings (SSSR count). The number of hydrogen-bond donors (Lipinski definition) is 1. The molecule has 9 heteroatoms. The molecular weight excluding hydrogens is 483 g/mol. The van der Waals surface area contributed by atoms with Gasteiger partial charge in [-0.3, -0.25) is 14.5 Å². The minimum absolute atomic E-state index is 0.0697. The van der Waals surface area contributed by atoms with Gasteiger partial charge in [0.2, 0.25) is 0 Å². The van der Waals surface area contributed by atoms with Crippen molar-refractivity contribution in [2.75, 3.05) is 18.6 Å². The lowest BCUT2D eigenvalue weighted by Gasteiger charge is -2.23. The van der Waals surface area contributed by atoms with Gasteiger partial charge in [0.15, 0.2) is 5.13 Å². The van der Waals surface area contributed by atoms with E-state index in [1.54, 1.807) is 48.5 Å². The maximum atomic E-state index is 13.8. The fourth-order valence-electron chi connectivity index (χ4n) is 4.15. The Morgan fingerprint density at radius 3 is 2.42 bits per heavy atom.